The molecule has 2 saturated carbocycles. The molecule has 0 unspecified atom stereocenters. The summed E-state index contributed by atoms with van der Waals surface area (Å²) in [5, 5.41) is 14.7. The van der Waals surface area contributed by atoms with Crippen LogP contribution in [0.4, 0.5) is 5.13 Å². The molecule has 0 radical (unpaired) electrons. The molecular formula is C12H14N4S2. The van der Waals surface area contributed by atoms with Crippen LogP contribution in [0.3, 0.4) is 0 Å². The molecule has 2 aromatic rings. The lowest BCUT2D eigenvalue weighted by atomic mass is 10.2. The van der Waals surface area contributed by atoms with E-state index in [1.165, 1.54) is 41.3 Å². The van der Waals surface area contributed by atoms with Gasteiger partial charge in [-0.25, -0.2) is 4.98 Å². The summed E-state index contributed by atoms with van der Waals surface area (Å²) in [5.41, 5.74) is 1.29. The summed E-state index contributed by atoms with van der Waals surface area (Å²) in [5.74, 6) is 1.42. The molecule has 1 N–H and O–H groups in total. The third-order valence-electron chi connectivity index (χ3n) is 3.39. The first-order chi connectivity index (χ1) is 8.85. The van der Waals surface area contributed by atoms with Gasteiger partial charge in [0.15, 0.2) is 5.01 Å². The van der Waals surface area contributed by atoms with Crippen molar-refractivity contribution in [2.75, 3.05) is 12.4 Å². The molecule has 0 amide bonds. The van der Waals surface area contributed by atoms with E-state index in [0.29, 0.717) is 5.92 Å². The predicted octanol–water partition coefficient (Wildman–Crippen LogP) is 3.46. The molecule has 2 aliphatic carbocycles. The fourth-order valence-corrected chi connectivity index (χ4v) is 4.15. The Morgan fingerprint density at radius 1 is 1.06 bits per heavy atom. The van der Waals surface area contributed by atoms with Crippen molar-refractivity contribution in [2.24, 2.45) is 0 Å². The molecule has 94 valence electrons. The summed E-state index contributed by atoms with van der Waals surface area (Å²) in [6.45, 7) is 0. The Morgan fingerprint density at radius 3 is 2.44 bits per heavy atom. The van der Waals surface area contributed by atoms with Crippen LogP contribution in [0, 0.1) is 0 Å². The summed E-state index contributed by atoms with van der Waals surface area (Å²) in [7, 11) is 1.88. The van der Waals surface area contributed by atoms with Crippen LogP contribution in [0.1, 0.15) is 48.2 Å². The predicted molar refractivity (Wildman–Crippen MR) is 74.5 cm³/mol. The Bertz CT molecular complexity index is 581. The lowest BCUT2D eigenvalue weighted by molar-refractivity contribution is 0.987. The SMILES string of the molecule is CNc1nnc(-c2sc(C3CC3)nc2C2CC2)s1. The number of aromatic nitrogens is 3. The minimum absolute atomic E-state index is 0.686. The van der Waals surface area contributed by atoms with Gasteiger partial charge >= 0.3 is 0 Å². The van der Waals surface area contributed by atoms with Gasteiger partial charge in [-0.05, 0) is 25.7 Å². The Hall–Kier alpha value is -1.01. The molecule has 2 fully saturated rings. The van der Waals surface area contributed by atoms with E-state index in [-0.39, 0.29) is 0 Å². The molecule has 0 atom stereocenters. The molecule has 2 aliphatic rings. The van der Waals surface area contributed by atoms with Crippen molar-refractivity contribution < 1.29 is 0 Å². The van der Waals surface area contributed by atoms with E-state index in [0.717, 1.165) is 16.1 Å². The summed E-state index contributed by atoms with van der Waals surface area (Å²) < 4.78 is 0. The Balaban J connectivity index is 1.76. The van der Waals surface area contributed by atoms with Gasteiger partial charge in [0.2, 0.25) is 5.13 Å². The molecule has 0 spiro atoms. The summed E-state index contributed by atoms with van der Waals surface area (Å²) in [6, 6.07) is 0. The first-order valence-corrected chi connectivity index (χ1v) is 8.00. The fraction of sp³-hybridized carbons (Fsp3) is 0.583. The maximum absolute atomic E-state index is 4.88. The van der Waals surface area contributed by atoms with E-state index in [2.05, 4.69) is 15.5 Å². The van der Waals surface area contributed by atoms with E-state index < -0.39 is 0 Å². The topological polar surface area (TPSA) is 50.7 Å². The Kier molecular flexibility index (Phi) is 2.41. The van der Waals surface area contributed by atoms with Crippen molar-refractivity contribution in [3.63, 3.8) is 0 Å². The first kappa shape index (κ1) is 10.9. The number of rotatable bonds is 4. The van der Waals surface area contributed by atoms with Gasteiger partial charge in [-0.1, -0.05) is 11.3 Å². The average molecular weight is 278 g/mol. The molecule has 6 heteroatoms. The van der Waals surface area contributed by atoms with E-state index in [1.54, 1.807) is 11.3 Å². The van der Waals surface area contributed by atoms with E-state index in [1.807, 2.05) is 18.4 Å². The number of nitrogens with zero attached hydrogens (tertiary/aromatic N) is 3. The molecule has 0 bridgehead atoms. The van der Waals surface area contributed by atoms with Gasteiger partial charge in [-0.3, -0.25) is 0 Å². The normalized spacial score (nSPS) is 19.2. The largest absolute Gasteiger partial charge is 0.363 e. The highest BCUT2D eigenvalue weighted by Crippen LogP contribution is 2.51. The minimum Gasteiger partial charge on any atom is -0.363 e. The third kappa shape index (κ3) is 1.83. The summed E-state index contributed by atoms with van der Waals surface area (Å²) >= 11 is 3.47. The first-order valence-electron chi connectivity index (χ1n) is 6.37. The van der Waals surface area contributed by atoms with Crippen LogP contribution in [0.5, 0.6) is 0 Å². The number of hydrogen-bond acceptors (Lipinski definition) is 6. The number of nitrogens with one attached hydrogen (secondary N) is 1. The zero-order valence-corrected chi connectivity index (χ0v) is 11.8. The molecule has 2 heterocycles. The number of thiazole rings is 1. The fourth-order valence-electron chi connectivity index (χ4n) is 2.06. The van der Waals surface area contributed by atoms with Crippen LogP contribution >= 0.6 is 22.7 Å². The van der Waals surface area contributed by atoms with Gasteiger partial charge in [0.25, 0.3) is 0 Å². The van der Waals surface area contributed by atoms with Crippen molar-refractivity contribution in [3.8, 4) is 9.88 Å². The molecule has 0 saturated heterocycles. The summed E-state index contributed by atoms with van der Waals surface area (Å²) in [4.78, 5) is 6.16. The zero-order valence-electron chi connectivity index (χ0n) is 10.1. The quantitative estimate of drug-likeness (QED) is 0.930. The van der Waals surface area contributed by atoms with Crippen LogP contribution in [0.2, 0.25) is 0 Å². The van der Waals surface area contributed by atoms with Crippen molar-refractivity contribution in [1.82, 2.24) is 15.2 Å². The van der Waals surface area contributed by atoms with Crippen molar-refractivity contribution in [3.05, 3.63) is 10.7 Å². The van der Waals surface area contributed by atoms with Crippen LogP contribution in [0.15, 0.2) is 0 Å². The van der Waals surface area contributed by atoms with E-state index in [4.69, 9.17) is 4.98 Å². The smallest absolute Gasteiger partial charge is 0.205 e. The molecule has 0 aromatic carbocycles. The molecule has 4 rings (SSSR count). The maximum atomic E-state index is 4.88. The van der Waals surface area contributed by atoms with Crippen LogP contribution < -0.4 is 5.32 Å². The van der Waals surface area contributed by atoms with Gasteiger partial charge in [-0.15, -0.1) is 21.5 Å². The Labute approximate surface area is 113 Å². The average Bonchev–Trinajstić information content (AvgIpc) is 3.32. The second kappa shape index (κ2) is 3.99. The van der Waals surface area contributed by atoms with Gasteiger partial charge in [0.05, 0.1) is 15.6 Å². The molecule has 0 aliphatic heterocycles. The van der Waals surface area contributed by atoms with Gasteiger partial charge in [-0.2, -0.15) is 0 Å². The van der Waals surface area contributed by atoms with Gasteiger partial charge < -0.3 is 5.32 Å². The lowest BCUT2D eigenvalue weighted by Crippen LogP contribution is -1.85. The summed E-state index contributed by atoms with van der Waals surface area (Å²) in [6.07, 6.45) is 5.21. The second-order valence-electron chi connectivity index (χ2n) is 4.98. The molecule has 18 heavy (non-hydrogen) atoms. The highest BCUT2D eigenvalue weighted by atomic mass is 32.1. The van der Waals surface area contributed by atoms with Crippen molar-refractivity contribution >= 4 is 27.8 Å². The highest BCUT2D eigenvalue weighted by molar-refractivity contribution is 7.23. The maximum Gasteiger partial charge on any atom is 0.205 e. The van der Waals surface area contributed by atoms with E-state index >= 15 is 0 Å². The molecule has 4 nitrogen and oxygen atoms in total. The van der Waals surface area contributed by atoms with Crippen molar-refractivity contribution in [2.45, 2.75) is 37.5 Å². The van der Waals surface area contributed by atoms with Crippen LogP contribution in [-0.4, -0.2) is 22.2 Å². The zero-order chi connectivity index (χ0) is 12.1. The standard InChI is InChI=1S/C12H14N4S2/c1-13-12-16-15-11(18-12)9-8(6-2-3-6)14-10(17-9)7-4-5-7/h6-7H,2-5H2,1H3,(H,13,16). The number of anilines is 1. The van der Waals surface area contributed by atoms with Crippen LogP contribution in [-0.2, 0) is 0 Å². The molecular weight excluding hydrogens is 264 g/mol. The van der Waals surface area contributed by atoms with Crippen molar-refractivity contribution in [1.29, 1.82) is 0 Å². The lowest BCUT2D eigenvalue weighted by Gasteiger charge is -1.93. The van der Waals surface area contributed by atoms with Crippen LogP contribution in [0.25, 0.3) is 9.88 Å². The molecule has 2 aromatic heterocycles. The second-order valence-corrected chi connectivity index (χ2v) is 6.99. The highest BCUT2D eigenvalue weighted by Gasteiger charge is 2.35. The number of hydrogen-bond donors (Lipinski definition) is 1. The third-order valence-corrected chi connectivity index (χ3v) is 5.72. The Morgan fingerprint density at radius 2 is 1.83 bits per heavy atom. The van der Waals surface area contributed by atoms with E-state index in [9.17, 15) is 0 Å². The monoisotopic (exact) mass is 278 g/mol. The van der Waals surface area contributed by atoms with Gasteiger partial charge in [0, 0.05) is 18.9 Å². The minimum atomic E-state index is 0.686. The van der Waals surface area contributed by atoms with Gasteiger partial charge in [0.1, 0.15) is 0 Å².